The molecule has 2 aromatic heterocycles. The summed E-state index contributed by atoms with van der Waals surface area (Å²) in [6.45, 7) is 6.38. The molecule has 2 aromatic rings. The zero-order valence-corrected chi connectivity index (χ0v) is 31.1. The molecule has 0 saturated carbocycles. The van der Waals surface area contributed by atoms with E-state index in [1.165, 1.54) is 12.3 Å². The van der Waals surface area contributed by atoms with Crippen molar-refractivity contribution in [3.63, 3.8) is 0 Å². The molecule has 44 heavy (non-hydrogen) atoms. The number of aliphatic carboxylic acids is 1. The van der Waals surface area contributed by atoms with Gasteiger partial charge in [-0.3, -0.25) is 4.79 Å². The Balaban J connectivity index is 1.21. The fraction of sp³-hybridized carbons (Fsp3) is 0.643. The lowest BCUT2D eigenvalue weighted by Crippen LogP contribution is -2.41. The Morgan fingerprint density at radius 3 is 2.14 bits per heavy atom. The Labute approximate surface area is 286 Å². The largest absolute Gasteiger partial charge is 0.480 e. The number of sulfonamides is 2. The smallest absolute Gasteiger partial charge is 0.321 e. The van der Waals surface area contributed by atoms with Crippen molar-refractivity contribution in [2.24, 2.45) is 17.8 Å². The molecule has 2 N–H and O–H groups in total. The molecule has 2 saturated heterocycles. The molecule has 2 fully saturated rings. The highest BCUT2D eigenvalue weighted by Crippen LogP contribution is 2.37. The van der Waals surface area contributed by atoms with Crippen LogP contribution < -0.4 is 9.62 Å². The molecule has 1 unspecified atom stereocenters. The number of carbonyl (C=O) groups is 1. The number of pyridine rings is 1. The normalized spacial score (nSPS) is 18.6. The highest BCUT2D eigenvalue weighted by atomic mass is 79.9. The van der Waals surface area contributed by atoms with Crippen molar-refractivity contribution < 1.29 is 26.7 Å². The van der Waals surface area contributed by atoms with E-state index in [4.69, 9.17) is 11.6 Å². The van der Waals surface area contributed by atoms with Crippen LogP contribution in [0.5, 0.6) is 0 Å². The van der Waals surface area contributed by atoms with Gasteiger partial charge in [0.2, 0.25) is 10.0 Å². The van der Waals surface area contributed by atoms with Gasteiger partial charge in [-0.1, -0.05) is 44.7 Å². The summed E-state index contributed by atoms with van der Waals surface area (Å²) >= 11 is 13.9. The van der Waals surface area contributed by atoms with Crippen LogP contribution in [0.4, 0.5) is 5.82 Å². The van der Waals surface area contributed by atoms with Gasteiger partial charge in [0.1, 0.15) is 25.3 Å². The average Bonchev–Trinajstić information content (AvgIpc) is 3.31. The van der Waals surface area contributed by atoms with Gasteiger partial charge in [-0.2, -0.15) is 9.03 Å². The monoisotopic (exact) mass is 816 g/mol. The van der Waals surface area contributed by atoms with Crippen LogP contribution in [0.2, 0.25) is 4.34 Å². The van der Waals surface area contributed by atoms with Crippen LogP contribution in [-0.4, -0.2) is 69.4 Å². The molecule has 0 aliphatic carbocycles. The molecule has 0 radical (unpaired) electrons. The lowest BCUT2D eigenvalue weighted by molar-refractivity contribution is -0.139. The molecule has 4 rings (SSSR count). The van der Waals surface area contributed by atoms with E-state index in [2.05, 4.69) is 46.5 Å². The molecule has 4 heterocycles. The molecule has 0 bridgehead atoms. The number of aromatic nitrogens is 1. The number of anilines is 1. The predicted octanol–water partition coefficient (Wildman–Crippen LogP) is 6.59. The van der Waals surface area contributed by atoms with Gasteiger partial charge in [0.25, 0.3) is 10.0 Å². The van der Waals surface area contributed by atoms with Gasteiger partial charge in [-0.15, -0.1) is 11.3 Å². The predicted molar refractivity (Wildman–Crippen MR) is 180 cm³/mol. The zero-order valence-electron chi connectivity index (χ0n) is 24.7. The van der Waals surface area contributed by atoms with Crippen LogP contribution in [0.3, 0.4) is 0 Å². The van der Waals surface area contributed by atoms with Crippen molar-refractivity contribution in [3.05, 3.63) is 31.6 Å². The number of piperidine rings is 2. The number of hydrogen-bond donors (Lipinski definition) is 2. The molecule has 0 amide bonds. The first-order chi connectivity index (χ1) is 20.7. The Morgan fingerprint density at radius 1 is 1.05 bits per heavy atom. The van der Waals surface area contributed by atoms with Crippen LogP contribution in [0, 0.1) is 17.8 Å². The second-order valence-electron chi connectivity index (χ2n) is 12.0. The molecular formula is C28H39Br2ClN4O6S3. The molecule has 2 aliphatic rings. The maximum Gasteiger partial charge on any atom is 0.321 e. The molecule has 1 atom stereocenters. The second kappa shape index (κ2) is 15.4. The van der Waals surface area contributed by atoms with Crippen LogP contribution in [0.15, 0.2) is 36.4 Å². The average molecular weight is 819 g/mol. The molecule has 16 heteroatoms. The van der Waals surface area contributed by atoms with Crippen molar-refractivity contribution in [3.8, 4) is 0 Å². The van der Waals surface area contributed by atoms with Crippen LogP contribution >= 0.6 is 54.8 Å². The maximum absolute atomic E-state index is 13.0. The third kappa shape index (κ3) is 9.17. The summed E-state index contributed by atoms with van der Waals surface area (Å²) < 4.78 is 57.5. The number of nitrogens with zero attached hydrogens (tertiary/aromatic N) is 3. The highest BCUT2D eigenvalue weighted by Gasteiger charge is 2.32. The van der Waals surface area contributed by atoms with Crippen LogP contribution in [0.1, 0.15) is 65.2 Å². The van der Waals surface area contributed by atoms with Gasteiger partial charge >= 0.3 is 5.97 Å². The van der Waals surface area contributed by atoms with Gasteiger partial charge in [-0.05, 0) is 93.9 Å². The minimum atomic E-state index is -4.05. The molecule has 2 aliphatic heterocycles. The number of hydrogen-bond acceptors (Lipinski definition) is 8. The van der Waals surface area contributed by atoms with E-state index in [1.54, 1.807) is 10.4 Å². The summed E-state index contributed by atoms with van der Waals surface area (Å²) in [7, 11) is -7.56. The number of nitrogens with one attached hydrogen (secondary N) is 1. The quantitative estimate of drug-likeness (QED) is 0.231. The number of carboxylic acids is 1. The summed E-state index contributed by atoms with van der Waals surface area (Å²) in [5, 5.41) is 9.44. The van der Waals surface area contributed by atoms with E-state index in [9.17, 15) is 26.7 Å². The maximum atomic E-state index is 13.0. The Morgan fingerprint density at radius 2 is 1.64 bits per heavy atom. The summed E-state index contributed by atoms with van der Waals surface area (Å²) in [5.74, 6) is 0.613. The molecule has 246 valence electrons. The minimum absolute atomic E-state index is 0.0129. The SMILES string of the molecule is CC(C)CC(NS(=O)(=O)c1cnc(N2CCC(CCCC3CCN(S(=O)(=O)c4cc(Br)c(Cl)s4)CC3)CC2)c(Br)c1)C(=O)O. The Hall–Kier alpha value is -0.810. The van der Waals surface area contributed by atoms with Gasteiger partial charge < -0.3 is 10.0 Å². The van der Waals surface area contributed by atoms with Crippen molar-refractivity contribution in [1.82, 2.24) is 14.0 Å². The summed E-state index contributed by atoms with van der Waals surface area (Å²) in [4.78, 5) is 18.1. The summed E-state index contributed by atoms with van der Waals surface area (Å²) in [6, 6.07) is 1.86. The lowest BCUT2D eigenvalue weighted by Gasteiger charge is -2.34. The molecule has 0 aromatic carbocycles. The number of carboxylic acid groups (broad SMARTS) is 1. The van der Waals surface area contributed by atoms with Crippen LogP contribution in [-0.2, 0) is 24.8 Å². The number of halogens is 3. The van der Waals surface area contributed by atoms with Crippen molar-refractivity contribution >= 4 is 86.6 Å². The molecule has 10 nitrogen and oxygen atoms in total. The first-order valence-corrected chi connectivity index (χ1v) is 20.5. The minimum Gasteiger partial charge on any atom is -0.480 e. The lowest BCUT2D eigenvalue weighted by atomic mass is 9.87. The molecule has 0 spiro atoms. The first-order valence-electron chi connectivity index (χ1n) is 14.8. The standard InChI is InChI=1S/C28H39Br2ClN4O6S3/c1-18(2)14-24(28(36)37)33-43(38,39)21-15-23(30)27(32-17-21)34-10-6-19(7-11-34)4-3-5-20-8-12-35(13-9-20)44(40,41)25-16-22(29)26(31)42-25/h15-20,24,33H,3-14H2,1-2H3,(H,36,37). The first kappa shape index (κ1) is 36.0. The van der Waals surface area contributed by atoms with Gasteiger partial charge in [-0.25, -0.2) is 21.8 Å². The van der Waals surface area contributed by atoms with Gasteiger partial charge in [0.05, 0.1) is 4.47 Å². The van der Waals surface area contributed by atoms with E-state index in [-0.39, 0.29) is 21.4 Å². The van der Waals surface area contributed by atoms with E-state index < -0.39 is 32.1 Å². The van der Waals surface area contributed by atoms with Crippen molar-refractivity contribution in [2.45, 2.75) is 80.4 Å². The third-order valence-electron chi connectivity index (χ3n) is 8.34. The summed E-state index contributed by atoms with van der Waals surface area (Å²) in [5.41, 5.74) is 0. The zero-order chi connectivity index (χ0) is 32.2. The van der Waals surface area contributed by atoms with E-state index in [0.29, 0.717) is 44.0 Å². The topological polar surface area (TPSA) is 137 Å². The van der Waals surface area contributed by atoms with E-state index in [1.807, 2.05) is 13.8 Å². The van der Waals surface area contributed by atoms with Gasteiger partial charge in [0, 0.05) is 36.8 Å². The number of thiophene rings is 1. The highest BCUT2D eigenvalue weighted by molar-refractivity contribution is 9.11. The van der Waals surface area contributed by atoms with Crippen molar-refractivity contribution in [2.75, 3.05) is 31.1 Å². The fourth-order valence-electron chi connectivity index (χ4n) is 5.87. The van der Waals surface area contributed by atoms with E-state index in [0.717, 1.165) is 69.4 Å². The second-order valence-corrected chi connectivity index (χ2v) is 19.3. The third-order valence-corrected chi connectivity index (χ3v) is 15.2. The summed E-state index contributed by atoms with van der Waals surface area (Å²) in [6.07, 6.45) is 8.58. The van der Waals surface area contributed by atoms with Crippen LogP contribution in [0.25, 0.3) is 0 Å². The van der Waals surface area contributed by atoms with E-state index >= 15 is 0 Å². The number of rotatable bonds is 13. The van der Waals surface area contributed by atoms with Crippen molar-refractivity contribution in [1.29, 1.82) is 0 Å². The molecular weight excluding hydrogens is 780 g/mol. The fourth-order valence-corrected chi connectivity index (χ4v) is 11.7. The Bertz CT molecular complexity index is 1500. The van der Waals surface area contributed by atoms with Gasteiger partial charge in [0.15, 0.2) is 0 Å². The Kier molecular flexibility index (Phi) is 12.6.